The summed E-state index contributed by atoms with van der Waals surface area (Å²) in [6.45, 7) is 0. The van der Waals surface area contributed by atoms with Gasteiger partial charge in [-0.2, -0.15) is 0 Å². The molecule has 3 rings (SSSR count). The van der Waals surface area contributed by atoms with Gasteiger partial charge in [0.2, 0.25) is 0 Å². The molecule has 0 aromatic carbocycles. The fraction of sp³-hybridized carbons (Fsp3) is 0.583. The minimum Gasteiger partial charge on any atom is -0.294 e. The zero-order valence-corrected chi connectivity index (χ0v) is 9.03. The maximum Gasteiger partial charge on any atom is 0.170 e. The summed E-state index contributed by atoms with van der Waals surface area (Å²) in [4.78, 5) is 13.6. The molecule has 2 heteroatoms. The van der Waals surface area contributed by atoms with Crippen LogP contribution in [0.2, 0.25) is 0 Å². The Morgan fingerprint density at radius 3 is 2.79 bits per heavy atom. The van der Waals surface area contributed by atoms with Crippen LogP contribution in [0.4, 0.5) is 0 Å². The van der Waals surface area contributed by atoms with Crippen molar-refractivity contribution in [2.24, 2.45) is 5.41 Å². The molecule has 74 valence electrons. The molecular formula is C12H14OS. The first-order valence-corrected chi connectivity index (χ1v) is 6.31. The molecule has 2 aliphatic rings. The summed E-state index contributed by atoms with van der Waals surface area (Å²) in [7, 11) is 0. The Kier molecular flexibility index (Phi) is 1.81. The van der Waals surface area contributed by atoms with E-state index in [1.807, 2.05) is 6.07 Å². The van der Waals surface area contributed by atoms with Crippen LogP contribution in [0.25, 0.3) is 0 Å². The Bertz CT molecular complexity index is 371. The molecule has 0 N–H and O–H groups in total. The van der Waals surface area contributed by atoms with E-state index in [1.165, 1.54) is 17.7 Å². The van der Waals surface area contributed by atoms with Gasteiger partial charge in [0.05, 0.1) is 0 Å². The molecule has 1 aromatic rings. The average Bonchev–Trinajstić information content (AvgIpc) is 2.83. The van der Waals surface area contributed by atoms with Gasteiger partial charge in [-0.05, 0) is 37.1 Å². The maximum absolute atomic E-state index is 12.3. The van der Waals surface area contributed by atoms with Gasteiger partial charge in [0.1, 0.15) is 0 Å². The van der Waals surface area contributed by atoms with Crippen molar-refractivity contribution in [2.45, 2.75) is 38.5 Å². The molecule has 1 saturated carbocycles. The number of hydrogen-bond donors (Lipinski definition) is 0. The lowest BCUT2D eigenvalue weighted by atomic mass is 9.71. The number of fused-ring (bicyclic) bond motifs is 1. The van der Waals surface area contributed by atoms with Crippen molar-refractivity contribution < 1.29 is 4.79 Å². The van der Waals surface area contributed by atoms with Crippen LogP contribution >= 0.6 is 11.3 Å². The van der Waals surface area contributed by atoms with E-state index in [2.05, 4.69) is 5.38 Å². The second kappa shape index (κ2) is 2.93. The molecule has 1 heterocycles. The molecule has 2 aliphatic carbocycles. The molecule has 0 bridgehead atoms. The van der Waals surface area contributed by atoms with Crippen molar-refractivity contribution in [3.8, 4) is 0 Å². The first kappa shape index (κ1) is 8.66. The molecule has 0 aliphatic heterocycles. The van der Waals surface area contributed by atoms with Crippen molar-refractivity contribution in [3.63, 3.8) is 0 Å². The third-order valence-electron chi connectivity index (χ3n) is 3.86. The highest BCUT2D eigenvalue weighted by Crippen LogP contribution is 2.48. The number of rotatable bonds is 0. The van der Waals surface area contributed by atoms with E-state index in [0.29, 0.717) is 5.78 Å². The second-order valence-corrected chi connectivity index (χ2v) is 5.57. The largest absolute Gasteiger partial charge is 0.294 e. The Morgan fingerprint density at radius 2 is 2.00 bits per heavy atom. The summed E-state index contributed by atoms with van der Waals surface area (Å²) < 4.78 is 0. The lowest BCUT2D eigenvalue weighted by Crippen LogP contribution is -2.32. The quantitative estimate of drug-likeness (QED) is 0.635. The Labute approximate surface area is 88.1 Å². The number of aryl methyl sites for hydroxylation is 1. The van der Waals surface area contributed by atoms with Crippen LogP contribution in [0.1, 0.15) is 47.3 Å². The van der Waals surface area contributed by atoms with E-state index in [9.17, 15) is 4.79 Å². The van der Waals surface area contributed by atoms with E-state index >= 15 is 0 Å². The van der Waals surface area contributed by atoms with Crippen LogP contribution in [0.5, 0.6) is 0 Å². The molecule has 1 nitrogen and oxygen atoms in total. The van der Waals surface area contributed by atoms with Crippen molar-refractivity contribution in [2.75, 3.05) is 0 Å². The molecule has 0 atom stereocenters. The third kappa shape index (κ3) is 1.04. The number of carbonyl (C=O) groups is 1. The van der Waals surface area contributed by atoms with Crippen LogP contribution in [-0.2, 0) is 6.42 Å². The van der Waals surface area contributed by atoms with E-state index in [0.717, 1.165) is 31.2 Å². The predicted octanol–water partition coefficient (Wildman–Crippen LogP) is 3.44. The molecule has 14 heavy (non-hydrogen) atoms. The van der Waals surface area contributed by atoms with Crippen molar-refractivity contribution in [3.05, 3.63) is 21.9 Å². The standard InChI is InChI=1S/C12H14OS/c13-11-9-4-8-14-10(9)3-7-12(11)5-1-2-6-12/h4,8H,1-3,5-7H2. The predicted molar refractivity (Wildman–Crippen MR) is 57.9 cm³/mol. The van der Waals surface area contributed by atoms with E-state index in [1.54, 1.807) is 11.3 Å². The highest BCUT2D eigenvalue weighted by atomic mass is 32.1. The topological polar surface area (TPSA) is 17.1 Å². The number of hydrogen-bond acceptors (Lipinski definition) is 2. The third-order valence-corrected chi connectivity index (χ3v) is 4.84. The summed E-state index contributed by atoms with van der Waals surface area (Å²) >= 11 is 1.75. The van der Waals surface area contributed by atoms with Gasteiger partial charge in [-0.25, -0.2) is 0 Å². The molecular weight excluding hydrogens is 192 g/mol. The highest BCUT2D eigenvalue weighted by Gasteiger charge is 2.44. The first-order valence-electron chi connectivity index (χ1n) is 5.43. The summed E-state index contributed by atoms with van der Waals surface area (Å²) in [6, 6.07) is 2.03. The van der Waals surface area contributed by atoms with Gasteiger partial charge in [0, 0.05) is 15.9 Å². The van der Waals surface area contributed by atoms with Gasteiger partial charge in [-0.15, -0.1) is 11.3 Å². The van der Waals surface area contributed by atoms with Crippen LogP contribution in [0, 0.1) is 5.41 Å². The number of Topliss-reactive ketones (excluding diaryl/α,β-unsaturated/α-hetero) is 1. The first-order chi connectivity index (χ1) is 6.82. The summed E-state index contributed by atoms with van der Waals surface area (Å²) in [5.74, 6) is 0.456. The van der Waals surface area contributed by atoms with Gasteiger partial charge in [-0.1, -0.05) is 12.8 Å². The molecule has 0 amide bonds. The summed E-state index contributed by atoms with van der Waals surface area (Å²) in [6.07, 6.45) is 7.04. The van der Waals surface area contributed by atoms with E-state index in [4.69, 9.17) is 0 Å². The highest BCUT2D eigenvalue weighted by molar-refractivity contribution is 7.10. The second-order valence-electron chi connectivity index (χ2n) is 4.57. The van der Waals surface area contributed by atoms with Crippen molar-refractivity contribution in [1.29, 1.82) is 0 Å². The van der Waals surface area contributed by atoms with Gasteiger partial charge in [-0.3, -0.25) is 4.79 Å². The summed E-state index contributed by atoms with van der Waals surface area (Å²) in [5, 5.41) is 2.07. The lowest BCUT2D eigenvalue weighted by molar-refractivity contribution is 0.0767. The molecule has 0 radical (unpaired) electrons. The van der Waals surface area contributed by atoms with Gasteiger partial charge < -0.3 is 0 Å². The molecule has 0 saturated heterocycles. The monoisotopic (exact) mass is 206 g/mol. The zero-order valence-electron chi connectivity index (χ0n) is 8.21. The van der Waals surface area contributed by atoms with Crippen LogP contribution in [-0.4, -0.2) is 5.78 Å². The lowest BCUT2D eigenvalue weighted by Gasteiger charge is -2.31. The maximum atomic E-state index is 12.3. The van der Waals surface area contributed by atoms with Crippen molar-refractivity contribution >= 4 is 17.1 Å². The van der Waals surface area contributed by atoms with Crippen molar-refractivity contribution in [1.82, 2.24) is 0 Å². The normalized spacial score (nSPS) is 24.1. The molecule has 1 aromatic heterocycles. The van der Waals surface area contributed by atoms with Gasteiger partial charge >= 0.3 is 0 Å². The molecule has 1 fully saturated rings. The molecule has 1 spiro atoms. The number of thiophene rings is 1. The van der Waals surface area contributed by atoms with Crippen LogP contribution < -0.4 is 0 Å². The minimum absolute atomic E-state index is 0.0636. The van der Waals surface area contributed by atoms with E-state index < -0.39 is 0 Å². The number of ketones is 1. The van der Waals surface area contributed by atoms with E-state index in [-0.39, 0.29) is 5.41 Å². The smallest absolute Gasteiger partial charge is 0.170 e. The van der Waals surface area contributed by atoms with Gasteiger partial charge in [0.25, 0.3) is 0 Å². The molecule has 0 unspecified atom stereocenters. The SMILES string of the molecule is O=C1c2ccsc2CCC12CCCC2. The Balaban J connectivity index is 2.04. The van der Waals surface area contributed by atoms with Gasteiger partial charge in [0.15, 0.2) is 5.78 Å². The summed E-state index contributed by atoms with van der Waals surface area (Å²) in [5.41, 5.74) is 1.11. The number of carbonyl (C=O) groups excluding carboxylic acids is 1. The van der Waals surface area contributed by atoms with Crippen LogP contribution in [0.3, 0.4) is 0 Å². The minimum atomic E-state index is 0.0636. The Morgan fingerprint density at radius 1 is 1.21 bits per heavy atom. The zero-order chi connectivity index (χ0) is 9.60. The Hall–Kier alpha value is -0.630. The average molecular weight is 206 g/mol. The fourth-order valence-electron chi connectivity index (χ4n) is 3.02. The fourth-order valence-corrected chi connectivity index (χ4v) is 3.89. The van der Waals surface area contributed by atoms with Crippen LogP contribution in [0.15, 0.2) is 11.4 Å².